The number of rotatable bonds is 7. The van der Waals surface area contributed by atoms with Crippen LogP contribution < -0.4 is 10.9 Å². The molecule has 32 heavy (non-hydrogen) atoms. The largest absolute Gasteiger partial charge is 0.335 e. The van der Waals surface area contributed by atoms with E-state index >= 15 is 0 Å². The summed E-state index contributed by atoms with van der Waals surface area (Å²) in [5.41, 5.74) is 1.30. The molecule has 0 atom stereocenters. The van der Waals surface area contributed by atoms with Crippen LogP contribution in [-0.2, 0) is 6.42 Å². The molecule has 1 aliphatic carbocycles. The van der Waals surface area contributed by atoms with Crippen molar-refractivity contribution in [1.29, 1.82) is 0 Å². The first-order valence-corrected chi connectivity index (χ1v) is 10.9. The Bertz CT molecular complexity index is 1190. The van der Waals surface area contributed by atoms with Crippen molar-refractivity contribution in [3.05, 3.63) is 75.5 Å². The molecule has 0 unspecified atom stereocenters. The number of hydrogen-bond donors (Lipinski definition) is 2. The SMILES string of the molecule is Cl.O=C(c1cc(Cc2n[nH]c(=O)c3ccccc23)ccc1F)N1CC(NCCC2CC2)C1. The van der Waals surface area contributed by atoms with Crippen molar-refractivity contribution in [2.75, 3.05) is 19.6 Å². The van der Waals surface area contributed by atoms with E-state index < -0.39 is 5.82 Å². The number of aromatic nitrogens is 2. The van der Waals surface area contributed by atoms with Gasteiger partial charge in [-0.2, -0.15) is 5.10 Å². The van der Waals surface area contributed by atoms with Crippen LogP contribution in [0.5, 0.6) is 0 Å². The number of carbonyl (C=O) groups is 1. The molecule has 6 nitrogen and oxygen atoms in total. The average Bonchev–Trinajstić information content (AvgIpc) is 3.57. The van der Waals surface area contributed by atoms with Gasteiger partial charge in [-0.15, -0.1) is 12.4 Å². The lowest BCUT2D eigenvalue weighted by Gasteiger charge is -2.40. The predicted molar refractivity (Wildman–Crippen MR) is 124 cm³/mol. The number of hydrogen-bond acceptors (Lipinski definition) is 4. The second-order valence-electron chi connectivity index (χ2n) is 8.63. The molecule has 1 saturated heterocycles. The summed E-state index contributed by atoms with van der Waals surface area (Å²) in [4.78, 5) is 26.5. The highest BCUT2D eigenvalue weighted by Gasteiger charge is 2.32. The third-order valence-corrected chi connectivity index (χ3v) is 6.26. The van der Waals surface area contributed by atoms with Gasteiger partial charge in [-0.05, 0) is 42.6 Å². The third kappa shape index (κ3) is 4.69. The zero-order chi connectivity index (χ0) is 21.4. The van der Waals surface area contributed by atoms with E-state index in [1.54, 1.807) is 29.2 Å². The summed E-state index contributed by atoms with van der Waals surface area (Å²) in [7, 11) is 0. The Morgan fingerprint density at radius 1 is 1.16 bits per heavy atom. The summed E-state index contributed by atoms with van der Waals surface area (Å²) in [6, 6.07) is 12.1. The van der Waals surface area contributed by atoms with Crippen molar-refractivity contribution in [2.45, 2.75) is 31.7 Å². The van der Waals surface area contributed by atoms with E-state index in [0.29, 0.717) is 36.6 Å². The van der Waals surface area contributed by atoms with Crippen molar-refractivity contribution in [3.63, 3.8) is 0 Å². The van der Waals surface area contributed by atoms with E-state index in [0.717, 1.165) is 23.4 Å². The molecule has 1 aromatic heterocycles. The van der Waals surface area contributed by atoms with Crippen molar-refractivity contribution in [3.8, 4) is 0 Å². The number of nitrogens with zero attached hydrogens (tertiary/aromatic N) is 2. The van der Waals surface area contributed by atoms with Crippen molar-refractivity contribution in [1.82, 2.24) is 20.4 Å². The number of fused-ring (bicyclic) bond motifs is 1. The molecule has 2 heterocycles. The van der Waals surface area contributed by atoms with Gasteiger partial charge in [0.1, 0.15) is 5.82 Å². The smallest absolute Gasteiger partial charge is 0.272 e. The molecule has 1 amide bonds. The first-order chi connectivity index (χ1) is 15.1. The normalized spacial score (nSPS) is 16.0. The van der Waals surface area contributed by atoms with Crippen LogP contribution in [0.15, 0.2) is 47.3 Å². The molecule has 168 valence electrons. The molecule has 2 aromatic carbocycles. The minimum Gasteiger partial charge on any atom is -0.335 e. The zero-order valence-corrected chi connectivity index (χ0v) is 18.5. The molecule has 1 aliphatic heterocycles. The van der Waals surface area contributed by atoms with Gasteiger partial charge in [0.25, 0.3) is 11.5 Å². The Balaban J connectivity index is 0.00000245. The van der Waals surface area contributed by atoms with E-state index in [9.17, 15) is 14.0 Å². The number of amides is 1. The molecule has 0 spiro atoms. The zero-order valence-electron chi connectivity index (χ0n) is 17.6. The van der Waals surface area contributed by atoms with E-state index in [4.69, 9.17) is 0 Å². The second-order valence-corrected chi connectivity index (χ2v) is 8.63. The molecule has 1 saturated carbocycles. The van der Waals surface area contributed by atoms with Gasteiger partial charge in [0, 0.05) is 30.9 Å². The van der Waals surface area contributed by atoms with Gasteiger partial charge in [0.15, 0.2) is 0 Å². The summed E-state index contributed by atoms with van der Waals surface area (Å²) >= 11 is 0. The van der Waals surface area contributed by atoms with Gasteiger partial charge >= 0.3 is 0 Å². The Kier molecular flexibility index (Phi) is 6.58. The molecule has 3 aromatic rings. The van der Waals surface area contributed by atoms with E-state index in [2.05, 4.69) is 15.5 Å². The number of benzene rings is 2. The van der Waals surface area contributed by atoms with Crippen LogP contribution in [0.4, 0.5) is 4.39 Å². The fourth-order valence-corrected chi connectivity index (χ4v) is 4.19. The van der Waals surface area contributed by atoms with Crippen LogP contribution in [0, 0.1) is 11.7 Å². The Morgan fingerprint density at radius 2 is 1.91 bits per heavy atom. The number of likely N-dealkylation sites (tertiary alicyclic amines) is 1. The highest BCUT2D eigenvalue weighted by Crippen LogP contribution is 2.31. The number of nitrogens with one attached hydrogen (secondary N) is 2. The lowest BCUT2D eigenvalue weighted by atomic mass is 10.0. The molecule has 2 aliphatic rings. The maximum absolute atomic E-state index is 14.5. The van der Waals surface area contributed by atoms with Gasteiger partial charge < -0.3 is 10.2 Å². The van der Waals surface area contributed by atoms with Crippen molar-refractivity contribution in [2.24, 2.45) is 5.92 Å². The highest BCUT2D eigenvalue weighted by molar-refractivity contribution is 5.95. The number of aromatic amines is 1. The van der Waals surface area contributed by atoms with Crippen LogP contribution in [0.3, 0.4) is 0 Å². The second kappa shape index (κ2) is 9.38. The van der Waals surface area contributed by atoms with Crippen molar-refractivity contribution < 1.29 is 9.18 Å². The first kappa shape index (κ1) is 22.4. The summed E-state index contributed by atoms with van der Waals surface area (Å²) in [5, 5.41) is 11.5. The van der Waals surface area contributed by atoms with Gasteiger partial charge in [-0.25, -0.2) is 9.49 Å². The Hall–Kier alpha value is -2.77. The summed E-state index contributed by atoms with van der Waals surface area (Å²) in [5.74, 6) is 0.0910. The summed E-state index contributed by atoms with van der Waals surface area (Å²) in [6.45, 7) is 2.21. The summed E-state index contributed by atoms with van der Waals surface area (Å²) < 4.78 is 14.5. The van der Waals surface area contributed by atoms with Gasteiger partial charge in [0.2, 0.25) is 0 Å². The van der Waals surface area contributed by atoms with Crippen LogP contribution in [0.1, 0.15) is 40.9 Å². The minimum atomic E-state index is -0.516. The third-order valence-electron chi connectivity index (χ3n) is 6.26. The maximum atomic E-state index is 14.5. The van der Waals surface area contributed by atoms with Crippen LogP contribution in [-0.4, -0.2) is 46.7 Å². The van der Waals surface area contributed by atoms with Crippen molar-refractivity contribution >= 4 is 29.1 Å². The minimum absolute atomic E-state index is 0. The fourth-order valence-electron chi connectivity index (χ4n) is 4.19. The molecule has 2 fully saturated rings. The lowest BCUT2D eigenvalue weighted by Crippen LogP contribution is -2.60. The lowest BCUT2D eigenvalue weighted by molar-refractivity contribution is 0.0562. The maximum Gasteiger partial charge on any atom is 0.272 e. The monoisotopic (exact) mass is 456 g/mol. The van der Waals surface area contributed by atoms with Crippen LogP contribution in [0.2, 0.25) is 0 Å². The average molecular weight is 457 g/mol. The van der Waals surface area contributed by atoms with Gasteiger partial charge in [-0.1, -0.05) is 37.1 Å². The molecule has 2 N–H and O–H groups in total. The van der Waals surface area contributed by atoms with E-state index in [1.807, 2.05) is 12.1 Å². The Morgan fingerprint density at radius 3 is 2.66 bits per heavy atom. The molecular formula is C24H26ClFN4O2. The van der Waals surface area contributed by atoms with E-state index in [-0.39, 0.29) is 29.4 Å². The number of carbonyl (C=O) groups excluding carboxylic acids is 1. The predicted octanol–water partition coefficient (Wildman–Crippen LogP) is 3.29. The van der Waals surface area contributed by atoms with E-state index in [1.165, 1.54) is 25.3 Å². The highest BCUT2D eigenvalue weighted by atomic mass is 35.5. The Labute approximate surface area is 191 Å². The molecular weight excluding hydrogens is 431 g/mol. The van der Waals surface area contributed by atoms with Crippen LogP contribution in [0.25, 0.3) is 10.8 Å². The number of halogens is 2. The fraction of sp³-hybridized carbons (Fsp3) is 0.375. The molecule has 0 bridgehead atoms. The first-order valence-electron chi connectivity index (χ1n) is 10.9. The number of H-pyrrole nitrogens is 1. The molecule has 0 radical (unpaired) electrons. The van der Waals surface area contributed by atoms with Gasteiger partial charge in [0.05, 0.1) is 16.6 Å². The molecule has 8 heteroatoms. The quantitative estimate of drug-likeness (QED) is 0.572. The molecule has 5 rings (SSSR count). The van der Waals surface area contributed by atoms with Gasteiger partial charge in [-0.3, -0.25) is 9.59 Å². The van der Waals surface area contributed by atoms with Crippen LogP contribution >= 0.6 is 12.4 Å². The topological polar surface area (TPSA) is 78.1 Å². The summed E-state index contributed by atoms with van der Waals surface area (Å²) in [6.07, 6.45) is 4.28. The standard InChI is InChI=1S/C24H25FN4O2.ClH/c25-21-8-7-16(12-22-18-3-1-2-4-19(18)23(30)28-27-22)11-20(21)24(31)29-13-17(14-29)26-10-9-15-5-6-15;/h1-4,7-8,11,15,17,26H,5-6,9-10,12-14H2,(H,28,30);1H.